The zero-order chi connectivity index (χ0) is 28.4. The number of hydrogen-bond donors (Lipinski definition) is 3. The van der Waals surface area contributed by atoms with E-state index in [1.165, 1.54) is 30.8 Å². The number of hydrogen-bond acceptors (Lipinski definition) is 10. The SMILES string of the molecule is CC(C)(O)[C@H](F)CNC(=O)c1cnc(-c2cnc3cc(C#N)cnn23)cc1N[C@@H]1CCN(c2ncc(F)cn2)C1. The van der Waals surface area contributed by atoms with Crippen molar-refractivity contribution >= 4 is 23.2 Å². The van der Waals surface area contributed by atoms with Gasteiger partial charge in [-0.05, 0) is 26.3 Å². The molecule has 40 heavy (non-hydrogen) atoms. The van der Waals surface area contributed by atoms with E-state index in [2.05, 4.69) is 35.7 Å². The number of alkyl halides is 1. The second kappa shape index (κ2) is 10.8. The highest BCUT2D eigenvalue weighted by Crippen LogP contribution is 2.27. The van der Waals surface area contributed by atoms with Gasteiger partial charge in [-0.25, -0.2) is 28.2 Å². The maximum absolute atomic E-state index is 14.3. The van der Waals surface area contributed by atoms with Crippen LogP contribution in [0.1, 0.15) is 36.2 Å². The Morgan fingerprint density at radius 3 is 2.70 bits per heavy atom. The molecule has 0 spiro atoms. The number of nitrogens with one attached hydrogen (secondary N) is 2. The Morgan fingerprint density at radius 1 is 1.20 bits per heavy atom. The molecule has 0 bridgehead atoms. The number of nitriles is 1. The van der Waals surface area contributed by atoms with Gasteiger partial charge in [-0.3, -0.25) is 9.78 Å². The van der Waals surface area contributed by atoms with E-state index in [1.807, 2.05) is 11.0 Å². The van der Waals surface area contributed by atoms with Crippen LogP contribution >= 0.6 is 0 Å². The Bertz CT molecular complexity index is 1580. The lowest BCUT2D eigenvalue weighted by atomic mass is 10.0. The molecule has 5 heterocycles. The molecule has 1 aliphatic rings. The third-order valence-electron chi connectivity index (χ3n) is 6.55. The molecule has 14 heteroatoms. The number of pyridine rings is 1. The lowest BCUT2D eigenvalue weighted by Crippen LogP contribution is -2.42. The molecule has 1 amide bonds. The van der Waals surface area contributed by atoms with Gasteiger partial charge in [0.05, 0.1) is 59.4 Å². The number of aliphatic hydroxyl groups is 1. The summed E-state index contributed by atoms with van der Waals surface area (Å²) in [6.45, 7) is 3.36. The van der Waals surface area contributed by atoms with Crippen LogP contribution in [-0.2, 0) is 0 Å². The van der Waals surface area contributed by atoms with Gasteiger partial charge in [-0.1, -0.05) is 0 Å². The Labute approximate surface area is 227 Å². The molecule has 1 aliphatic heterocycles. The molecule has 0 saturated carbocycles. The van der Waals surface area contributed by atoms with E-state index in [0.717, 1.165) is 12.4 Å². The first-order valence-electron chi connectivity index (χ1n) is 12.5. The quantitative estimate of drug-likeness (QED) is 0.298. The average Bonchev–Trinajstić information content (AvgIpc) is 3.58. The molecule has 1 fully saturated rings. The summed E-state index contributed by atoms with van der Waals surface area (Å²) in [5, 5.41) is 29.2. The molecule has 5 rings (SSSR count). The molecule has 0 unspecified atom stereocenters. The summed E-state index contributed by atoms with van der Waals surface area (Å²) in [4.78, 5) is 31.8. The van der Waals surface area contributed by atoms with Gasteiger partial charge in [-0.15, -0.1) is 0 Å². The van der Waals surface area contributed by atoms with Gasteiger partial charge in [0.25, 0.3) is 5.91 Å². The Balaban J connectivity index is 1.43. The summed E-state index contributed by atoms with van der Waals surface area (Å²) >= 11 is 0. The fourth-order valence-corrected chi connectivity index (χ4v) is 4.28. The van der Waals surface area contributed by atoms with Crippen molar-refractivity contribution in [2.45, 2.75) is 38.1 Å². The van der Waals surface area contributed by atoms with Gasteiger partial charge in [-0.2, -0.15) is 10.4 Å². The summed E-state index contributed by atoms with van der Waals surface area (Å²) in [6.07, 6.45) is 5.57. The van der Waals surface area contributed by atoms with Gasteiger partial charge >= 0.3 is 0 Å². The number of carbonyl (C=O) groups excluding carboxylic acids is 1. The topological polar surface area (TPSA) is 157 Å². The van der Waals surface area contributed by atoms with Crippen molar-refractivity contribution in [2.24, 2.45) is 0 Å². The summed E-state index contributed by atoms with van der Waals surface area (Å²) in [5.41, 5.74) is 0.814. The van der Waals surface area contributed by atoms with E-state index >= 15 is 0 Å². The highest BCUT2D eigenvalue weighted by molar-refractivity contribution is 6.00. The third kappa shape index (κ3) is 5.64. The highest BCUT2D eigenvalue weighted by atomic mass is 19.1. The van der Waals surface area contributed by atoms with Gasteiger partial charge < -0.3 is 20.6 Å². The lowest BCUT2D eigenvalue weighted by Gasteiger charge is -2.23. The average molecular weight is 549 g/mol. The molecule has 3 N–H and O–H groups in total. The number of nitrogens with zero attached hydrogens (tertiary/aromatic N) is 8. The maximum atomic E-state index is 14.3. The number of halogens is 2. The Hall–Kier alpha value is -4.77. The second-order valence-corrected chi connectivity index (χ2v) is 9.99. The fourth-order valence-electron chi connectivity index (χ4n) is 4.28. The summed E-state index contributed by atoms with van der Waals surface area (Å²) in [5.74, 6) is -0.697. The Kier molecular flexibility index (Phi) is 7.22. The van der Waals surface area contributed by atoms with E-state index in [-0.39, 0.29) is 18.2 Å². The minimum atomic E-state index is -1.68. The van der Waals surface area contributed by atoms with Crippen molar-refractivity contribution in [1.82, 2.24) is 34.9 Å². The van der Waals surface area contributed by atoms with Crippen molar-refractivity contribution in [3.05, 3.63) is 60.1 Å². The van der Waals surface area contributed by atoms with Crippen molar-refractivity contribution < 1.29 is 18.7 Å². The number of rotatable bonds is 8. The van der Waals surface area contributed by atoms with Crippen LogP contribution in [0.25, 0.3) is 17.0 Å². The van der Waals surface area contributed by atoms with E-state index in [4.69, 9.17) is 5.26 Å². The predicted octanol–water partition coefficient (Wildman–Crippen LogP) is 2.12. The van der Waals surface area contributed by atoms with Crippen molar-refractivity contribution in [2.75, 3.05) is 29.9 Å². The lowest BCUT2D eigenvalue weighted by molar-refractivity contribution is -0.00177. The monoisotopic (exact) mass is 548 g/mol. The van der Waals surface area contributed by atoms with Crippen LogP contribution in [0.3, 0.4) is 0 Å². The van der Waals surface area contributed by atoms with E-state index in [1.54, 1.807) is 18.3 Å². The standard InChI is InChI=1S/C26H26F2N10O2/c1-26(2,40)22(28)13-32-24(39)18-11-30-20(21-12-31-23-5-15(7-29)8-35-38(21)23)6-19(18)36-17-3-4-37(14-17)25-33-9-16(27)10-34-25/h5-6,8-12,17,22,40H,3-4,13-14H2,1-2H3,(H,30,36)(H,32,39)/t17-,22-/m1/s1. The normalized spacial score (nSPS) is 16.1. The number of fused-ring (bicyclic) bond motifs is 1. The second-order valence-electron chi connectivity index (χ2n) is 9.99. The summed E-state index contributed by atoms with van der Waals surface area (Å²) < 4.78 is 29.1. The van der Waals surface area contributed by atoms with Crippen LogP contribution in [0.2, 0.25) is 0 Å². The van der Waals surface area contributed by atoms with Crippen molar-refractivity contribution in [3.8, 4) is 17.5 Å². The number of anilines is 2. The first kappa shape index (κ1) is 26.8. The molecule has 12 nitrogen and oxygen atoms in total. The molecule has 4 aromatic heterocycles. The van der Waals surface area contributed by atoms with Crippen LogP contribution in [0, 0.1) is 17.1 Å². The van der Waals surface area contributed by atoms with E-state index in [9.17, 15) is 18.7 Å². The van der Waals surface area contributed by atoms with Crippen LogP contribution in [0.5, 0.6) is 0 Å². The minimum Gasteiger partial charge on any atom is -0.387 e. The fraction of sp³-hybridized carbons (Fsp3) is 0.346. The molecule has 4 aromatic rings. The third-order valence-corrected chi connectivity index (χ3v) is 6.55. The van der Waals surface area contributed by atoms with Gasteiger partial charge in [0.2, 0.25) is 5.95 Å². The van der Waals surface area contributed by atoms with E-state index < -0.39 is 23.5 Å². The van der Waals surface area contributed by atoms with Crippen molar-refractivity contribution in [3.63, 3.8) is 0 Å². The van der Waals surface area contributed by atoms with Crippen molar-refractivity contribution in [1.29, 1.82) is 5.26 Å². The molecular formula is C26H26F2N10O2. The summed E-state index contributed by atoms with van der Waals surface area (Å²) in [6, 6.07) is 5.17. The zero-order valence-corrected chi connectivity index (χ0v) is 21.7. The molecule has 2 atom stereocenters. The molecule has 0 aliphatic carbocycles. The van der Waals surface area contributed by atoms with E-state index in [0.29, 0.717) is 53.7 Å². The first-order valence-corrected chi connectivity index (χ1v) is 12.5. The predicted molar refractivity (Wildman–Crippen MR) is 141 cm³/mol. The van der Waals surface area contributed by atoms with Crippen LogP contribution in [-0.4, -0.2) is 78.0 Å². The molecular weight excluding hydrogens is 522 g/mol. The van der Waals surface area contributed by atoms with Crippen LogP contribution < -0.4 is 15.5 Å². The van der Waals surface area contributed by atoms with Gasteiger partial charge in [0.1, 0.15) is 17.9 Å². The molecule has 206 valence electrons. The number of carbonyl (C=O) groups is 1. The van der Waals surface area contributed by atoms with Crippen LogP contribution in [0.15, 0.2) is 43.1 Å². The molecule has 1 saturated heterocycles. The van der Waals surface area contributed by atoms with Gasteiger partial charge in [0, 0.05) is 31.4 Å². The minimum absolute atomic E-state index is 0.126. The molecule has 0 aromatic carbocycles. The van der Waals surface area contributed by atoms with Gasteiger partial charge in [0.15, 0.2) is 11.5 Å². The first-order chi connectivity index (χ1) is 19.1. The zero-order valence-electron chi connectivity index (χ0n) is 21.7. The number of imidazole rings is 1. The maximum Gasteiger partial charge on any atom is 0.255 e. The number of aromatic nitrogens is 6. The van der Waals surface area contributed by atoms with Crippen LogP contribution in [0.4, 0.5) is 20.4 Å². The smallest absolute Gasteiger partial charge is 0.255 e. The molecule has 0 radical (unpaired) electrons. The highest BCUT2D eigenvalue weighted by Gasteiger charge is 2.29. The number of amides is 1. The Morgan fingerprint density at radius 2 is 1.98 bits per heavy atom. The summed E-state index contributed by atoms with van der Waals surface area (Å²) in [7, 11) is 0. The largest absolute Gasteiger partial charge is 0.387 e.